The minimum absolute atomic E-state index is 0.168. The molecule has 1 aromatic heterocycles. The van der Waals surface area contributed by atoms with E-state index in [2.05, 4.69) is 5.32 Å². The number of amides is 1. The maximum absolute atomic E-state index is 12.3. The Balaban J connectivity index is 2.08. The number of Topliss-reactive ketones (excluding diaryl/α,β-unsaturated/α-hetero) is 1. The number of aryl methyl sites for hydroxylation is 1. The third-order valence-electron chi connectivity index (χ3n) is 3.69. The number of benzene rings is 1. The summed E-state index contributed by atoms with van der Waals surface area (Å²) in [5.74, 6) is -0.992. The van der Waals surface area contributed by atoms with Crippen LogP contribution in [0.3, 0.4) is 0 Å². The topological polar surface area (TPSA) is 86.6 Å². The summed E-state index contributed by atoms with van der Waals surface area (Å²) in [4.78, 5) is 36.0. The monoisotopic (exact) mass is 378 g/mol. The first-order valence-electron chi connectivity index (χ1n) is 7.75. The van der Waals surface area contributed by atoms with E-state index in [4.69, 9.17) is 21.1 Å². The van der Waals surface area contributed by atoms with Gasteiger partial charge in [0.15, 0.2) is 11.9 Å². The van der Waals surface area contributed by atoms with Crippen molar-refractivity contribution < 1.29 is 23.9 Å². The van der Waals surface area contributed by atoms with Gasteiger partial charge in [-0.3, -0.25) is 9.59 Å². The lowest BCUT2D eigenvalue weighted by Gasteiger charge is -2.15. The van der Waals surface area contributed by atoms with Crippen molar-refractivity contribution in [3.63, 3.8) is 0 Å². The highest BCUT2D eigenvalue weighted by molar-refractivity contribution is 6.31. The Kier molecular flexibility index (Phi) is 6.05. The van der Waals surface area contributed by atoms with Gasteiger partial charge in [-0.15, -0.1) is 0 Å². The van der Waals surface area contributed by atoms with Crippen LogP contribution in [-0.2, 0) is 16.6 Å². The third kappa shape index (κ3) is 4.43. The second-order valence-corrected chi connectivity index (χ2v) is 6.10. The molecule has 1 amide bonds. The van der Waals surface area contributed by atoms with Crippen molar-refractivity contribution in [1.82, 2.24) is 4.57 Å². The molecule has 2 aromatic rings. The van der Waals surface area contributed by atoms with E-state index >= 15 is 0 Å². The fraction of sp³-hybridized carbons (Fsp3) is 0.278. The van der Waals surface area contributed by atoms with Crippen LogP contribution in [0, 0.1) is 0 Å². The fourth-order valence-corrected chi connectivity index (χ4v) is 2.42. The smallest absolute Gasteiger partial charge is 0.355 e. The van der Waals surface area contributed by atoms with Crippen LogP contribution in [0.4, 0.5) is 5.69 Å². The number of nitrogens with zero attached hydrogens (tertiary/aromatic N) is 1. The second kappa shape index (κ2) is 8.05. The number of carbonyl (C=O) groups excluding carboxylic acids is 3. The number of nitrogens with one attached hydrogen (secondary N) is 1. The quantitative estimate of drug-likeness (QED) is 0.616. The van der Waals surface area contributed by atoms with Gasteiger partial charge in [0.1, 0.15) is 11.4 Å². The van der Waals surface area contributed by atoms with Crippen LogP contribution >= 0.6 is 11.6 Å². The molecule has 2 rings (SSSR count). The number of aromatic nitrogens is 1. The average Bonchev–Trinajstić information content (AvgIpc) is 2.97. The highest BCUT2D eigenvalue weighted by Gasteiger charge is 2.22. The molecule has 7 nitrogen and oxygen atoms in total. The minimum atomic E-state index is -1.07. The molecule has 0 unspecified atom stereocenters. The number of rotatable bonds is 6. The van der Waals surface area contributed by atoms with Crippen molar-refractivity contribution in [2.75, 3.05) is 12.4 Å². The van der Waals surface area contributed by atoms with E-state index < -0.39 is 18.0 Å². The van der Waals surface area contributed by atoms with Gasteiger partial charge in [0.05, 0.1) is 12.8 Å². The number of halogens is 1. The van der Waals surface area contributed by atoms with Crippen molar-refractivity contribution in [2.45, 2.75) is 20.0 Å². The van der Waals surface area contributed by atoms with Crippen LogP contribution in [0.25, 0.3) is 0 Å². The normalized spacial score (nSPS) is 11.6. The van der Waals surface area contributed by atoms with Crippen molar-refractivity contribution in [3.05, 3.63) is 46.7 Å². The number of methoxy groups -OCH3 is 1. The van der Waals surface area contributed by atoms with E-state index in [0.717, 1.165) is 0 Å². The summed E-state index contributed by atoms with van der Waals surface area (Å²) >= 11 is 5.92. The van der Waals surface area contributed by atoms with E-state index in [1.807, 2.05) is 0 Å². The first-order chi connectivity index (χ1) is 12.2. The van der Waals surface area contributed by atoms with Crippen LogP contribution in [0.2, 0.25) is 5.02 Å². The number of carbonyl (C=O) groups is 3. The SMILES string of the molecule is COc1ccc(Cl)cc1NC(=O)[C@H](C)OC(=O)c1cc(C(C)=O)cn1C. The Hall–Kier alpha value is -2.80. The molecule has 0 aliphatic rings. The zero-order valence-corrected chi connectivity index (χ0v) is 15.6. The molecule has 1 N–H and O–H groups in total. The Morgan fingerprint density at radius 2 is 1.92 bits per heavy atom. The van der Waals surface area contributed by atoms with Gasteiger partial charge in [-0.05, 0) is 38.1 Å². The number of ether oxygens (including phenoxy) is 2. The lowest BCUT2D eigenvalue weighted by atomic mass is 10.2. The molecular weight excluding hydrogens is 360 g/mol. The van der Waals surface area contributed by atoms with E-state index in [9.17, 15) is 14.4 Å². The van der Waals surface area contributed by atoms with Crippen molar-refractivity contribution in [2.24, 2.45) is 7.05 Å². The third-order valence-corrected chi connectivity index (χ3v) is 3.93. The van der Waals surface area contributed by atoms with Crippen LogP contribution in [-0.4, -0.2) is 35.4 Å². The summed E-state index contributed by atoms with van der Waals surface area (Å²) < 4.78 is 11.8. The number of esters is 1. The van der Waals surface area contributed by atoms with Crippen LogP contribution in [0.1, 0.15) is 34.7 Å². The maximum Gasteiger partial charge on any atom is 0.355 e. The number of ketones is 1. The van der Waals surface area contributed by atoms with Gasteiger partial charge in [0, 0.05) is 23.8 Å². The first-order valence-corrected chi connectivity index (χ1v) is 8.13. The van der Waals surface area contributed by atoms with Crippen molar-refractivity contribution in [1.29, 1.82) is 0 Å². The zero-order valence-electron chi connectivity index (χ0n) is 14.8. The molecule has 1 atom stereocenters. The Bertz CT molecular complexity index is 859. The van der Waals surface area contributed by atoms with E-state index in [0.29, 0.717) is 22.0 Å². The summed E-state index contributed by atoms with van der Waals surface area (Å²) in [6.45, 7) is 2.85. The molecule has 0 fully saturated rings. The highest BCUT2D eigenvalue weighted by Crippen LogP contribution is 2.27. The molecule has 1 heterocycles. The van der Waals surface area contributed by atoms with Gasteiger partial charge < -0.3 is 19.4 Å². The van der Waals surface area contributed by atoms with Gasteiger partial charge in [-0.25, -0.2) is 4.79 Å². The van der Waals surface area contributed by atoms with Crippen LogP contribution < -0.4 is 10.1 Å². The predicted octanol–water partition coefficient (Wildman–Crippen LogP) is 3.07. The van der Waals surface area contributed by atoms with Gasteiger partial charge in [0.25, 0.3) is 5.91 Å². The Morgan fingerprint density at radius 1 is 1.23 bits per heavy atom. The van der Waals surface area contributed by atoms with Crippen molar-refractivity contribution in [3.8, 4) is 5.75 Å². The summed E-state index contributed by atoms with van der Waals surface area (Å²) in [6, 6.07) is 6.20. The molecule has 26 heavy (non-hydrogen) atoms. The van der Waals surface area contributed by atoms with Gasteiger partial charge in [-0.1, -0.05) is 11.6 Å². The Labute approximate surface area is 155 Å². The lowest BCUT2D eigenvalue weighted by molar-refractivity contribution is -0.123. The number of hydrogen-bond donors (Lipinski definition) is 1. The Morgan fingerprint density at radius 3 is 2.50 bits per heavy atom. The van der Waals surface area contributed by atoms with Gasteiger partial charge in [0.2, 0.25) is 0 Å². The van der Waals surface area contributed by atoms with E-state index in [1.165, 1.54) is 43.9 Å². The molecule has 0 saturated carbocycles. The number of hydrogen-bond acceptors (Lipinski definition) is 5. The summed E-state index contributed by atoms with van der Waals surface area (Å²) in [7, 11) is 3.08. The lowest BCUT2D eigenvalue weighted by Crippen LogP contribution is -2.30. The molecule has 138 valence electrons. The highest BCUT2D eigenvalue weighted by atomic mass is 35.5. The standard InChI is InChI=1S/C18H19ClN2O5/c1-10(22)12-7-15(21(3)9-12)18(24)26-11(2)17(23)20-14-8-13(19)5-6-16(14)25-4/h5-9,11H,1-4H3,(H,20,23)/t11-/m0/s1. The fourth-order valence-electron chi connectivity index (χ4n) is 2.25. The van der Waals surface area contributed by atoms with Gasteiger partial charge >= 0.3 is 5.97 Å². The van der Waals surface area contributed by atoms with Crippen LogP contribution in [0.15, 0.2) is 30.5 Å². The predicted molar refractivity (Wildman–Crippen MR) is 96.9 cm³/mol. The number of anilines is 1. The molecule has 1 aromatic carbocycles. The summed E-state index contributed by atoms with van der Waals surface area (Å²) in [5, 5.41) is 3.03. The largest absolute Gasteiger partial charge is 0.495 e. The second-order valence-electron chi connectivity index (χ2n) is 5.66. The van der Waals surface area contributed by atoms with Crippen molar-refractivity contribution >= 4 is 34.9 Å². The molecular formula is C18H19ClN2O5. The summed E-state index contributed by atoms with van der Waals surface area (Å²) in [5.41, 5.74) is 0.932. The molecule has 0 spiro atoms. The molecule has 0 bridgehead atoms. The molecule has 0 saturated heterocycles. The minimum Gasteiger partial charge on any atom is -0.495 e. The zero-order chi connectivity index (χ0) is 19.4. The average molecular weight is 379 g/mol. The molecule has 0 aliphatic heterocycles. The van der Waals surface area contributed by atoms with E-state index in [1.54, 1.807) is 19.2 Å². The molecule has 0 aliphatic carbocycles. The van der Waals surface area contributed by atoms with Gasteiger partial charge in [-0.2, -0.15) is 0 Å². The maximum atomic E-state index is 12.3. The molecule has 0 radical (unpaired) electrons. The summed E-state index contributed by atoms with van der Waals surface area (Å²) in [6.07, 6.45) is 0.461. The van der Waals surface area contributed by atoms with Crippen LogP contribution in [0.5, 0.6) is 5.75 Å². The first kappa shape index (κ1) is 19.5. The molecule has 8 heteroatoms. The van der Waals surface area contributed by atoms with E-state index in [-0.39, 0.29) is 11.5 Å².